The first-order chi connectivity index (χ1) is 15.3. The van der Waals surface area contributed by atoms with Crippen molar-refractivity contribution in [2.45, 2.75) is 6.92 Å². The zero-order valence-electron chi connectivity index (χ0n) is 16.8. The van der Waals surface area contributed by atoms with E-state index in [-0.39, 0.29) is 0 Å². The van der Waals surface area contributed by atoms with Crippen LogP contribution in [0.4, 0.5) is 5.95 Å². The lowest BCUT2D eigenvalue weighted by atomic mass is 9.97. The summed E-state index contributed by atoms with van der Waals surface area (Å²) in [6, 6.07) is 24.9. The molecule has 6 nitrogen and oxygen atoms in total. The number of nitrogens with one attached hydrogen (secondary N) is 2. The van der Waals surface area contributed by atoms with Crippen molar-refractivity contribution in [2.75, 3.05) is 5.43 Å². The molecule has 0 atom stereocenters. The zero-order valence-corrected chi connectivity index (χ0v) is 16.8. The minimum absolute atomic E-state index is 0.345. The van der Waals surface area contributed by atoms with Gasteiger partial charge in [0.15, 0.2) is 5.65 Å². The standard InChI is InChI=1S/C25H18N6/c1-15-7-6-12-20-22(15)27-24-23(20)29-31-25(28-24)30-26-14-21-18-10-4-2-8-16(18)13-17-9-3-5-11-19(17)21/h2-14H,1H3,(H2,27,28,30,31)/b26-14+. The van der Waals surface area contributed by atoms with Gasteiger partial charge in [-0.25, -0.2) is 5.43 Å². The van der Waals surface area contributed by atoms with Gasteiger partial charge in [0, 0.05) is 10.9 Å². The molecule has 4 aromatic carbocycles. The summed E-state index contributed by atoms with van der Waals surface area (Å²) in [6.45, 7) is 2.06. The summed E-state index contributed by atoms with van der Waals surface area (Å²) in [5.74, 6) is 0.345. The van der Waals surface area contributed by atoms with Crippen LogP contribution >= 0.6 is 0 Å². The first kappa shape index (κ1) is 17.5. The molecular weight excluding hydrogens is 384 g/mol. The maximum atomic E-state index is 4.56. The second-order valence-corrected chi connectivity index (χ2v) is 7.56. The van der Waals surface area contributed by atoms with Crippen molar-refractivity contribution in [2.24, 2.45) is 5.10 Å². The molecule has 6 rings (SSSR count). The number of nitrogens with zero attached hydrogens (tertiary/aromatic N) is 4. The van der Waals surface area contributed by atoms with Crippen LogP contribution in [0.5, 0.6) is 0 Å². The van der Waals surface area contributed by atoms with E-state index < -0.39 is 0 Å². The van der Waals surface area contributed by atoms with E-state index in [1.165, 1.54) is 10.8 Å². The highest BCUT2D eigenvalue weighted by Gasteiger charge is 2.10. The third kappa shape index (κ3) is 2.88. The molecule has 31 heavy (non-hydrogen) atoms. The van der Waals surface area contributed by atoms with E-state index in [9.17, 15) is 0 Å². The fourth-order valence-electron chi connectivity index (χ4n) is 4.13. The third-order valence-corrected chi connectivity index (χ3v) is 5.63. The number of rotatable bonds is 3. The van der Waals surface area contributed by atoms with Crippen LogP contribution in [-0.4, -0.2) is 26.4 Å². The van der Waals surface area contributed by atoms with E-state index in [1.54, 1.807) is 0 Å². The Bertz CT molecular complexity index is 1580. The molecule has 0 aliphatic carbocycles. The molecule has 6 heteroatoms. The maximum Gasteiger partial charge on any atom is 0.265 e. The van der Waals surface area contributed by atoms with Gasteiger partial charge in [0.25, 0.3) is 5.95 Å². The summed E-state index contributed by atoms with van der Waals surface area (Å²) in [6.07, 6.45) is 1.83. The van der Waals surface area contributed by atoms with Crippen molar-refractivity contribution in [3.8, 4) is 0 Å². The fourth-order valence-corrected chi connectivity index (χ4v) is 4.13. The van der Waals surface area contributed by atoms with Crippen molar-refractivity contribution >= 4 is 55.8 Å². The smallest absolute Gasteiger partial charge is 0.265 e. The predicted octanol–water partition coefficient (Wildman–Crippen LogP) is 5.57. The SMILES string of the molecule is Cc1cccc2c1[nH]c1nc(N/N=C/c3c4ccccc4cc4ccccc34)nnc12. The molecule has 0 aliphatic rings. The summed E-state index contributed by atoms with van der Waals surface area (Å²) >= 11 is 0. The lowest BCUT2D eigenvalue weighted by Crippen LogP contribution is -1.99. The van der Waals surface area contributed by atoms with Gasteiger partial charge in [-0.1, -0.05) is 66.7 Å². The van der Waals surface area contributed by atoms with Crippen molar-refractivity contribution in [1.82, 2.24) is 20.2 Å². The Balaban J connectivity index is 1.40. The van der Waals surface area contributed by atoms with E-state index in [4.69, 9.17) is 0 Å². The van der Waals surface area contributed by atoms with Gasteiger partial charge >= 0.3 is 0 Å². The van der Waals surface area contributed by atoms with Crippen molar-refractivity contribution in [3.05, 3.63) is 83.9 Å². The Morgan fingerprint density at radius 2 is 1.55 bits per heavy atom. The van der Waals surface area contributed by atoms with Gasteiger partial charge < -0.3 is 4.98 Å². The lowest BCUT2D eigenvalue weighted by Gasteiger charge is -2.07. The Kier molecular flexibility index (Phi) is 3.89. The quantitative estimate of drug-likeness (QED) is 0.230. The first-order valence-electron chi connectivity index (χ1n) is 10.1. The molecule has 0 saturated carbocycles. The van der Waals surface area contributed by atoms with Crippen LogP contribution < -0.4 is 5.43 Å². The van der Waals surface area contributed by atoms with Gasteiger partial charge in [-0.15, -0.1) is 10.2 Å². The molecule has 2 aromatic heterocycles. The van der Waals surface area contributed by atoms with Gasteiger partial charge in [-0.05, 0) is 40.1 Å². The molecule has 0 fully saturated rings. The largest absolute Gasteiger partial charge is 0.337 e. The minimum atomic E-state index is 0.345. The molecule has 148 valence electrons. The van der Waals surface area contributed by atoms with Gasteiger partial charge in [0.2, 0.25) is 0 Å². The molecule has 0 saturated heterocycles. The van der Waals surface area contributed by atoms with Crippen LogP contribution in [0.2, 0.25) is 0 Å². The lowest BCUT2D eigenvalue weighted by molar-refractivity contribution is 1.01. The van der Waals surface area contributed by atoms with E-state index >= 15 is 0 Å². The average Bonchev–Trinajstić information content (AvgIpc) is 3.18. The molecule has 0 amide bonds. The average molecular weight is 402 g/mol. The fraction of sp³-hybridized carbons (Fsp3) is 0.0400. The molecule has 0 aliphatic heterocycles. The summed E-state index contributed by atoms with van der Waals surface area (Å²) < 4.78 is 0. The Morgan fingerprint density at radius 3 is 2.32 bits per heavy atom. The molecule has 2 heterocycles. The van der Waals surface area contributed by atoms with Crippen molar-refractivity contribution in [3.63, 3.8) is 0 Å². The Morgan fingerprint density at radius 1 is 0.839 bits per heavy atom. The molecule has 2 N–H and O–H groups in total. The highest BCUT2D eigenvalue weighted by atomic mass is 15.4. The highest BCUT2D eigenvalue weighted by Crippen LogP contribution is 2.27. The molecule has 0 unspecified atom stereocenters. The summed E-state index contributed by atoms with van der Waals surface area (Å²) in [5.41, 5.74) is 7.61. The Labute approximate surface area is 177 Å². The van der Waals surface area contributed by atoms with E-state index in [0.717, 1.165) is 38.3 Å². The topological polar surface area (TPSA) is 78.9 Å². The third-order valence-electron chi connectivity index (χ3n) is 5.63. The summed E-state index contributed by atoms with van der Waals surface area (Å²) in [4.78, 5) is 7.89. The normalized spacial score (nSPS) is 11.9. The van der Waals surface area contributed by atoms with Gasteiger partial charge in [-0.2, -0.15) is 10.1 Å². The van der Waals surface area contributed by atoms with E-state index in [0.29, 0.717) is 11.6 Å². The number of fused-ring (bicyclic) bond motifs is 5. The predicted molar refractivity (Wildman–Crippen MR) is 127 cm³/mol. The Hall–Kier alpha value is -4.32. The number of hydrogen-bond donors (Lipinski definition) is 2. The first-order valence-corrected chi connectivity index (χ1v) is 10.1. The number of benzene rings is 4. The van der Waals surface area contributed by atoms with Gasteiger partial charge in [0.1, 0.15) is 5.52 Å². The number of hydrogen-bond acceptors (Lipinski definition) is 5. The summed E-state index contributed by atoms with van der Waals surface area (Å²) in [7, 11) is 0. The second-order valence-electron chi connectivity index (χ2n) is 7.56. The second kappa shape index (κ2) is 6.88. The number of hydrazone groups is 1. The maximum absolute atomic E-state index is 4.56. The number of anilines is 1. The van der Waals surface area contributed by atoms with Crippen LogP contribution in [0.25, 0.3) is 43.6 Å². The minimum Gasteiger partial charge on any atom is -0.337 e. The number of aromatic nitrogens is 4. The van der Waals surface area contributed by atoms with Crippen LogP contribution in [0.15, 0.2) is 77.9 Å². The molecule has 0 bridgehead atoms. The number of aryl methyl sites for hydroxylation is 1. The van der Waals surface area contributed by atoms with Crippen molar-refractivity contribution < 1.29 is 0 Å². The molecule has 6 aromatic rings. The van der Waals surface area contributed by atoms with E-state index in [2.05, 4.69) is 74.0 Å². The zero-order chi connectivity index (χ0) is 20.8. The molecule has 0 spiro atoms. The summed E-state index contributed by atoms with van der Waals surface area (Å²) in [5, 5.41) is 18.7. The molecular formula is C25H18N6. The number of para-hydroxylation sites is 1. The van der Waals surface area contributed by atoms with Crippen LogP contribution in [0.1, 0.15) is 11.1 Å². The van der Waals surface area contributed by atoms with Crippen molar-refractivity contribution in [1.29, 1.82) is 0 Å². The van der Waals surface area contributed by atoms with Gasteiger partial charge in [-0.3, -0.25) is 0 Å². The van der Waals surface area contributed by atoms with Gasteiger partial charge in [0.05, 0.1) is 11.7 Å². The highest BCUT2D eigenvalue weighted by molar-refractivity contribution is 6.13. The monoisotopic (exact) mass is 402 g/mol. The molecule has 0 radical (unpaired) electrons. The number of H-pyrrole nitrogens is 1. The number of aromatic amines is 1. The van der Waals surface area contributed by atoms with E-state index in [1.807, 2.05) is 42.6 Å². The van der Waals surface area contributed by atoms with Crippen LogP contribution in [0.3, 0.4) is 0 Å². The van der Waals surface area contributed by atoms with Crippen LogP contribution in [-0.2, 0) is 0 Å². The van der Waals surface area contributed by atoms with Crippen LogP contribution in [0, 0.1) is 6.92 Å².